The summed E-state index contributed by atoms with van der Waals surface area (Å²) >= 11 is 0. The van der Waals surface area contributed by atoms with Crippen LogP contribution in [0.5, 0.6) is 0 Å². The number of nitrogens with two attached hydrogens (primary N) is 1. The lowest BCUT2D eigenvalue weighted by Gasteiger charge is -2.29. The molecule has 1 aliphatic heterocycles. The van der Waals surface area contributed by atoms with Gasteiger partial charge in [0, 0.05) is 18.0 Å². The third-order valence-electron chi connectivity index (χ3n) is 4.68. The van der Waals surface area contributed by atoms with Gasteiger partial charge in [0.25, 0.3) is 0 Å². The van der Waals surface area contributed by atoms with E-state index in [1.807, 2.05) is 30.3 Å². The van der Waals surface area contributed by atoms with Crippen LogP contribution in [0.1, 0.15) is 24.8 Å². The number of hydrogen-bond donors (Lipinski definition) is 2. The Labute approximate surface area is 118 Å². The first-order chi connectivity index (χ1) is 9.72. The summed E-state index contributed by atoms with van der Waals surface area (Å²) in [5.41, 5.74) is 7.54. The molecule has 2 fully saturated rings. The van der Waals surface area contributed by atoms with Crippen LogP contribution < -0.4 is 10.6 Å². The minimum absolute atomic E-state index is 0.112. The molecule has 2 aromatic rings. The Kier molecular flexibility index (Phi) is 2.46. The second-order valence-corrected chi connectivity index (χ2v) is 5.95. The number of benzene rings is 1. The van der Waals surface area contributed by atoms with Gasteiger partial charge in [0.15, 0.2) is 0 Å². The summed E-state index contributed by atoms with van der Waals surface area (Å²) in [5, 5.41) is 8.91. The summed E-state index contributed by atoms with van der Waals surface area (Å²) in [7, 11) is 0. The summed E-state index contributed by atoms with van der Waals surface area (Å²) < 4.78 is 0. The molecule has 1 saturated heterocycles. The number of rotatable bonds is 2. The number of para-hydroxylation sites is 1. The van der Waals surface area contributed by atoms with Gasteiger partial charge in [0.05, 0.1) is 11.1 Å². The zero-order valence-corrected chi connectivity index (χ0v) is 11.3. The third-order valence-corrected chi connectivity index (χ3v) is 4.68. The van der Waals surface area contributed by atoms with E-state index in [4.69, 9.17) is 16.1 Å². The molecule has 4 rings (SSSR count). The van der Waals surface area contributed by atoms with Gasteiger partial charge < -0.3 is 10.6 Å². The van der Waals surface area contributed by atoms with Crippen LogP contribution in [0.15, 0.2) is 30.3 Å². The van der Waals surface area contributed by atoms with Gasteiger partial charge in [-0.25, -0.2) is 4.98 Å². The average Bonchev–Trinajstić information content (AvgIpc) is 3.08. The van der Waals surface area contributed by atoms with Crippen LogP contribution in [-0.4, -0.2) is 23.4 Å². The molecular formula is C16H18N4. The standard InChI is InChI=1S/C16H18N4/c17-15(18)13-8-11-3-1-2-4-14(11)19-16(13)20-9-10-5-6-12(20)7-10/h1-4,8,10,12H,5-7,9H2,(H3,17,18). The molecule has 4 heteroatoms. The number of pyridine rings is 1. The Balaban J connectivity index is 1.88. The highest BCUT2D eigenvalue weighted by Gasteiger charge is 2.39. The number of nitrogens with zero attached hydrogens (tertiary/aromatic N) is 2. The van der Waals surface area contributed by atoms with Crippen molar-refractivity contribution in [2.45, 2.75) is 25.3 Å². The van der Waals surface area contributed by atoms with E-state index in [1.54, 1.807) is 0 Å². The van der Waals surface area contributed by atoms with E-state index in [1.165, 1.54) is 19.3 Å². The summed E-state index contributed by atoms with van der Waals surface area (Å²) in [4.78, 5) is 7.17. The van der Waals surface area contributed by atoms with Crippen LogP contribution in [0.25, 0.3) is 10.9 Å². The van der Waals surface area contributed by atoms with Gasteiger partial charge in [-0.1, -0.05) is 18.2 Å². The van der Waals surface area contributed by atoms with E-state index >= 15 is 0 Å². The molecule has 1 saturated carbocycles. The third kappa shape index (κ3) is 1.68. The fourth-order valence-electron chi connectivity index (χ4n) is 3.71. The number of piperidine rings is 1. The largest absolute Gasteiger partial charge is 0.384 e. The number of nitrogen functional groups attached to an aromatic ring is 1. The lowest BCUT2D eigenvalue weighted by Crippen LogP contribution is -2.34. The minimum Gasteiger partial charge on any atom is -0.384 e. The second kappa shape index (κ2) is 4.20. The predicted molar refractivity (Wildman–Crippen MR) is 81.2 cm³/mol. The first-order valence-corrected chi connectivity index (χ1v) is 7.23. The molecule has 2 aliphatic rings. The minimum atomic E-state index is 0.112. The van der Waals surface area contributed by atoms with Gasteiger partial charge in [-0.05, 0) is 37.3 Å². The van der Waals surface area contributed by atoms with Crippen LogP contribution in [0.2, 0.25) is 0 Å². The number of amidine groups is 1. The number of nitrogens with one attached hydrogen (secondary N) is 1. The predicted octanol–water partition coefficient (Wildman–Crippen LogP) is 2.51. The van der Waals surface area contributed by atoms with Gasteiger partial charge in [-0.3, -0.25) is 5.41 Å². The highest BCUT2D eigenvalue weighted by atomic mass is 15.2. The Morgan fingerprint density at radius 3 is 2.85 bits per heavy atom. The molecule has 1 aromatic carbocycles. The van der Waals surface area contributed by atoms with Crippen molar-refractivity contribution in [3.63, 3.8) is 0 Å². The quantitative estimate of drug-likeness (QED) is 0.648. The number of hydrogen-bond acceptors (Lipinski definition) is 3. The molecule has 0 radical (unpaired) electrons. The van der Waals surface area contributed by atoms with Crippen molar-refractivity contribution in [2.75, 3.05) is 11.4 Å². The Morgan fingerprint density at radius 2 is 2.15 bits per heavy atom. The Morgan fingerprint density at radius 1 is 1.30 bits per heavy atom. The van der Waals surface area contributed by atoms with E-state index in [2.05, 4.69) is 4.90 Å². The monoisotopic (exact) mass is 266 g/mol. The SMILES string of the molecule is N=C(N)c1cc2ccccc2nc1N1CC2CCC1C2. The van der Waals surface area contributed by atoms with Gasteiger partial charge in [0.2, 0.25) is 0 Å². The van der Waals surface area contributed by atoms with E-state index in [0.717, 1.165) is 34.7 Å². The van der Waals surface area contributed by atoms with Crippen molar-refractivity contribution in [1.29, 1.82) is 5.41 Å². The summed E-state index contributed by atoms with van der Waals surface area (Å²) in [6.07, 6.45) is 3.85. The topological polar surface area (TPSA) is 66.0 Å². The first kappa shape index (κ1) is 11.7. The van der Waals surface area contributed by atoms with E-state index in [9.17, 15) is 0 Å². The van der Waals surface area contributed by atoms with Crippen molar-refractivity contribution in [3.05, 3.63) is 35.9 Å². The summed E-state index contributed by atoms with van der Waals surface area (Å²) in [6, 6.07) is 10.6. The van der Waals surface area contributed by atoms with Crippen molar-refractivity contribution in [1.82, 2.24) is 4.98 Å². The molecule has 0 spiro atoms. The molecule has 2 atom stereocenters. The molecule has 2 bridgehead atoms. The molecule has 2 heterocycles. The van der Waals surface area contributed by atoms with Gasteiger partial charge in [-0.15, -0.1) is 0 Å². The maximum absolute atomic E-state index is 7.86. The van der Waals surface area contributed by atoms with E-state index < -0.39 is 0 Å². The van der Waals surface area contributed by atoms with Crippen molar-refractivity contribution in [2.24, 2.45) is 11.7 Å². The van der Waals surface area contributed by atoms with Crippen molar-refractivity contribution in [3.8, 4) is 0 Å². The Bertz CT molecular complexity index is 694. The lowest BCUT2D eigenvalue weighted by molar-refractivity contribution is 0.550. The summed E-state index contributed by atoms with van der Waals surface area (Å²) in [6.45, 7) is 1.07. The highest BCUT2D eigenvalue weighted by Crippen LogP contribution is 2.40. The molecule has 3 N–H and O–H groups in total. The normalized spacial score (nSPS) is 24.5. The highest BCUT2D eigenvalue weighted by molar-refractivity contribution is 6.03. The fourth-order valence-corrected chi connectivity index (χ4v) is 3.71. The molecule has 4 nitrogen and oxygen atoms in total. The van der Waals surface area contributed by atoms with E-state index in [-0.39, 0.29) is 5.84 Å². The zero-order valence-electron chi connectivity index (χ0n) is 11.3. The van der Waals surface area contributed by atoms with Crippen molar-refractivity contribution < 1.29 is 0 Å². The molecule has 2 unspecified atom stereocenters. The fraction of sp³-hybridized carbons (Fsp3) is 0.375. The van der Waals surface area contributed by atoms with Crippen LogP contribution in [0, 0.1) is 11.3 Å². The van der Waals surface area contributed by atoms with Crippen LogP contribution >= 0.6 is 0 Å². The Hall–Kier alpha value is -2.10. The number of fused-ring (bicyclic) bond motifs is 3. The summed E-state index contributed by atoms with van der Waals surface area (Å²) in [5.74, 6) is 1.82. The maximum Gasteiger partial charge on any atom is 0.140 e. The van der Waals surface area contributed by atoms with Crippen molar-refractivity contribution >= 4 is 22.6 Å². The van der Waals surface area contributed by atoms with E-state index in [0.29, 0.717) is 6.04 Å². The number of anilines is 1. The molecule has 0 amide bonds. The van der Waals surface area contributed by atoms with Crippen LogP contribution in [0.4, 0.5) is 5.82 Å². The smallest absolute Gasteiger partial charge is 0.140 e. The molecule has 1 aromatic heterocycles. The molecule has 1 aliphatic carbocycles. The molecule has 102 valence electrons. The maximum atomic E-state index is 7.86. The van der Waals surface area contributed by atoms with Gasteiger partial charge in [-0.2, -0.15) is 0 Å². The molecular weight excluding hydrogens is 248 g/mol. The van der Waals surface area contributed by atoms with Gasteiger partial charge in [0.1, 0.15) is 11.7 Å². The molecule has 20 heavy (non-hydrogen) atoms. The zero-order chi connectivity index (χ0) is 13.7. The number of aromatic nitrogens is 1. The average molecular weight is 266 g/mol. The van der Waals surface area contributed by atoms with Crippen LogP contribution in [0.3, 0.4) is 0 Å². The lowest BCUT2D eigenvalue weighted by atomic mass is 10.1. The second-order valence-electron chi connectivity index (χ2n) is 5.95. The first-order valence-electron chi connectivity index (χ1n) is 7.23. The van der Waals surface area contributed by atoms with Gasteiger partial charge >= 0.3 is 0 Å². The van der Waals surface area contributed by atoms with Crippen LogP contribution in [-0.2, 0) is 0 Å².